The van der Waals surface area contributed by atoms with Gasteiger partial charge in [0.2, 0.25) is 0 Å². The number of aryl methyl sites for hydroxylation is 1. The average Bonchev–Trinajstić information content (AvgIpc) is 2.57. The molecule has 0 radical (unpaired) electrons. The fraction of sp³-hybridized carbons (Fsp3) is 0.100. The van der Waals surface area contributed by atoms with Gasteiger partial charge in [0.1, 0.15) is 0 Å². The molecule has 2 aromatic rings. The number of primary sulfonamides is 1. The molecule has 0 saturated heterocycles. The Kier molecular flexibility index (Phi) is 2.96. The lowest BCUT2D eigenvalue weighted by atomic mass is 10.2. The zero-order valence-electron chi connectivity index (χ0n) is 8.53. The molecule has 6 heteroatoms. The van der Waals surface area contributed by atoms with Crippen molar-refractivity contribution in [1.29, 1.82) is 0 Å². The maximum atomic E-state index is 11.7. The van der Waals surface area contributed by atoms with Crippen LogP contribution in [0.1, 0.15) is 5.56 Å². The molecule has 0 fully saturated rings. The fourth-order valence-corrected chi connectivity index (χ4v) is 4.24. The fourth-order valence-electron chi connectivity index (χ4n) is 1.52. The van der Waals surface area contributed by atoms with Crippen molar-refractivity contribution in [1.82, 2.24) is 0 Å². The molecule has 2 rings (SSSR count). The molecule has 0 bridgehead atoms. The highest BCUT2D eigenvalue weighted by Gasteiger charge is 2.21. The van der Waals surface area contributed by atoms with Gasteiger partial charge in [0.15, 0.2) is 4.21 Å². The molecule has 1 aromatic carbocycles. The third kappa shape index (κ3) is 1.84. The van der Waals surface area contributed by atoms with Crippen LogP contribution in [0, 0.1) is 14.0 Å². The van der Waals surface area contributed by atoms with Gasteiger partial charge in [0.05, 0.1) is 0 Å². The molecule has 1 aromatic heterocycles. The minimum atomic E-state index is -3.36. The lowest BCUT2D eigenvalue weighted by molar-refractivity contribution is -0.424. The second kappa shape index (κ2) is 4.00. The second-order valence-electron chi connectivity index (χ2n) is 3.37. The van der Waals surface area contributed by atoms with Gasteiger partial charge in [-0.3, -0.25) is 0 Å². The van der Waals surface area contributed by atoms with E-state index in [2.05, 4.69) is 7.05 Å². The van der Waals surface area contributed by atoms with Crippen molar-refractivity contribution in [2.24, 2.45) is 0 Å². The Morgan fingerprint density at radius 3 is 2.75 bits per heavy atom. The van der Waals surface area contributed by atoms with E-state index < -0.39 is 10.0 Å². The third-order valence-corrected chi connectivity index (χ3v) is 5.84. The topological polar surface area (TPSA) is 50.8 Å². The molecular formula is C10H10ClNO2S2. The number of hydrogen-bond acceptors (Lipinski definition) is 3. The maximum absolute atomic E-state index is 11.7. The van der Waals surface area contributed by atoms with Gasteiger partial charge in [0.25, 0.3) is 0 Å². The Morgan fingerprint density at radius 2 is 2.12 bits per heavy atom. The largest absolute Gasteiger partial charge is 0.367 e. The zero-order chi connectivity index (χ0) is 11.9. The third-order valence-electron chi connectivity index (χ3n) is 2.33. The Bertz CT molecular complexity index is 646. The van der Waals surface area contributed by atoms with Crippen LogP contribution in [0.15, 0.2) is 22.4 Å². The summed E-state index contributed by atoms with van der Waals surface area (Å²) in [6.07, 6.45) is 0. The quantitative estimate of drug-likeness (QED) is 0.851. The van der Waals surface area contributed by atoms with E-state index in [1.165, 1.54) is 11.3 Å². The number of halogens is 1. The summed E-state index contributed by atoms with van der Waals surface area (Å²) in [6, 6.07) is 5.37. The molecule has 86 valence electrons. The Balaban J connectivity index is 2.80. The summed E-state index contributed by atoms with van der Waals surface area (Å²) in [5.74, 6) is 0. The number of rotatable bonds is 2. The van der Waals surface area contributed by atoms with Crippen LogP contribution in [-0.2, 0) is 10.0 Å². The van der Waals surface area contributed by atoms with Crippen LogP contribution < -0.4 is 4.72 Å². The summed E-state index contributed by atoms with van der Waals surface area (Å²) in [6.45, 7) is 1.78. The monoisotopic (exact) mass is 275 g/mol. The van der Waals surface area contributed by atoms with E-state index in [4.69, 9.17) is 11.6 Å². The standard InChI is InChI=1S/C10H10ClNO2S2/c1-6-8-5-7(11)3-4-9(8)15-10(6)16(13,14)12-2/h3-5H,2,12H2,1H3. The maximum Gasteiger partial charge on any atom is 0.309 e. The normalized spacial score (nSPS) is 12.2. The summed E-state index contributed by atoms with van der Waals surface area (Å²) in [5, 5.41) is 1.49. The summed E-state index contributed by atoms with van der Waals surface area (Å²) in [7, 11) is -0.0340. The molecule has 3 nitrogen and oxygen atoms in total. The number of thiophene rings is 1. The highest BCUT2D eigenvalue weighted by molar-refractivity contribution is 7.87. The molecule has 0 unspecified atom stereocenters. The minimum Gasteiger partial charge on any atom is -0.367 e. The van der Waals surface area contributed by atoms with E-state index >= 15 is 0 Å². The number of nitrogens with two attached hydrogens (primary N) is 1. The second-order valence-corrected chi connectivity index (χ2v) is 6.95. The molecule has 0 saturated carbocycles. The van der Waals surface area contributed by atoms with Crippen molar-refractivity contribution in [3.63, 3.8) is 0 Å². The number of hydrogen-bond donors (Lipinski definition) is 1. The molecular weight excluding hydrogens is 266 g/mol. The van der Waals surface area contributed by atoms with Crippen LogP contribution in [0.3, 0.4) is 0 Å². The number of fused-ring (bicyclic) bond motifs is 1. The molecule has 0 spiro atoms. The summed E-state index contributed by atoms with van der Waals surface area (Å²) >= 11 is 7.13. The van der Waals surface area contributed by atoms with Crippen molar-refractivity contribution in [2.75, 3.05) is 0 Å². The number of quaternary nitrogens is 1. The number of sulfonamides is 1. The molecule has 0 aliphatic heterocycles. The smallest absolute Gasteiger partial charge is 0.309 e. The first-order valence-corrected chi connectivity index (χ1v) is 7.26. The first kappa shape index (κ1) is 11.9. The lowest BCUT2D eigenvalue weighted by Crippen LogP contribution is -2.80. The van der Waals surface area contributed by atoms with Crippen molar-refractivity contribution < 1.29 is 13.1 Å². The number of benzene rings is 1. The molecule has 0 atom stereocenters. The van der Waals surface area contributed by atoms with Gasteiger partial charge in [-0.1, -0.05) is 11.6 Å². The Labute approximate surface area is 103 Å². The van der Waals surface area contributed by atoms with Gasteiger partial charge in [-0.2, -0.15) is 8.42 Å². The molecule has 2 N–H and O–H groups in total. The highest BCUT2D eigenvalue weighted by atomic mass is 35.5. The predicted molar refractivity (Wildman–Crippen MR) is 66.0 cm³/mol. The van der Waals surface area contributed by atoms with Gasteiger partial charge in [0, 0.05) is 9.72 Å². The molecule has 16 heavy (non-hydrogen) atoms. The zero-order valence-corrected chi connectivity index (χ0v) is 10.9. The van der Waals surface area contributed by atoms with Gasteiger partial charge < -0.3 is 4.72 Å². The van der Waals surface area contributed by atoms with Crippen LogP contribution in [-0.4, -0.2) is 8.42 Å². The first-order valence-electron chi connectivity index (χ1n) is 4.52. The molecule has 0 aliphatic rings. The average molecular weight is 276 g/mol. The first-order chi connectivity index (χ1) is 7.45. The lowest BCUT2D eigenvalue weighted by Gasteiger charge is -2.00. The van der Waals surface area contributed by atoms with Crippen LogP contribution in [0.5, 0.6) is 0 Å². The van der Waals surface area contributed by atoms with Crippen LogP contribution in [0.25, 0.3) is 10.1 Å². The van der Waals surface area contributed by atoms with Gasteiger partial charge >= 0.3 is 10.0 Å². The van der Waals surface area contributed by atoms with E-state index in [0.717, 1.165) is 20.4 Å². The Morgan fingerprint density at radius 1 is 1.44 bits per heavy atom. The highest BCUT2D eigenvalue weighted by Crippen LogP contribution is 2.34. The van der Waals surface area contributed by atoms with Crippen molar-refractivity contribution in [3.8, 4) is 0 Å². The summed E-state index contributed by atoms with van der Waals surface area (Å²) < 4.78 is 25.7. The molecule has 0 amide bonds. The van der Waals surface area contributed by atoms with Crippen molar-refractivity contribution in [2.45, 2.75) is 11.1 Å². The van der Waals surface area contributed by atoms with Crippen molar-refractivity contribution in [3.05, 3.63) is 35.8 Å². The van der Waals surface area contributed by atoms with E-state index in [1.54, 1.807) is 19.1 Å². The van der Waals surface area contributed by atoms with Gasteiger partial charge in [-0.15, -0.1) is 18.4 Å². The van der Waals surface area contributed by atoms with Crippen molar-refractivity contribution >= 4 is 43.0 Å². The van der Waals surface area contributed by atoms with Gasteiger partial charge in [-0.25, -0.2) is 0 Å². The van der Waals surface area contributed by atoms with E-state index in [-0.39, 0.29) is 0 Å². The summed E-state index contributed by atoms with van der Waals surface area (Å²) in [4.78, 5) is 0. The van der Waals surface area contributed by atoms with Crippen LogP contribution in [0.2, 0.25) is 5.02 Å². The van der Waals surface area contributed by atoms with E-state index in [1.807, 2.05) is 6.07 Å². The molecule has 0 aliphatic carbocycles. The van der Waals surface area contributed by atoms with Crippen LogP contribution in [0.4, 0.5) is 0 Å². The van der Waals surface area contributed by atoms with Crippen LogP contribution >= 0.6 is 22.9 Å². The van der Waals surface area contributed by atoms with E-state index in [9.17, 15) is 8.42 Å². The Hall–Kier alpha value is -0.620. The van der Waals surface area contributed by atoms with E-state index in [0.29, 0.717) is 9.23 Å². The predicted octanol–water partition coefficient (Wildman–Crippen LogP) is 1.91. The minimum absolute atomic E-state index is 0.347. The van der Waals surface area contributed by atoms with Gasteiger partial charge in [-0.05, 0) is 36.1 Å². The molecule has 1 heterocycles. The SMILES string of the molecule is [CH2-][NH2+]S(=O)(=O)c1sc2ccc(Cl)cc2c1C. The summed E-state index contributed by atoms with van der Waals surface area (Å²) in [5.41, 5.74) is 0.738.